The first-order chi connectivity index (χ1) is 7.25. The van der Waals surface area contributed by atoms with Gasteiger partial charge in [0, 0.05) is 18.0 Å². The summed E-state index contributed by atoms with van der Waals surface area (Å²) in [5.41, 5.74) is 5.34. The van der Waals surface area contributed by atoms with E-state index in [1.54, 1.807) is 11.3 Å². The van der Waals surface area contributed by atoms with Crippen LogP contribution in [0.25, 0.3) is 0 Å². The molecule has 0 spiro atoms. The number of primary amides is 1. The maximum absolute atomic E-state index is 11.1. The zero-order valence-electron chi connectivity index (χ0n) is 8.69. The predicted octanol–water partition coefficient (Wildman–Crippen LogP) is 1.45. The van der Waals surface area contributed by atoms with Gasteiger partial charge in [-0.1, -0.05) is 6.07 Å². The number of likely N-dealkylation sites (tertiary alicyclic amines) is 1. The van der Waals surface area contributed by atoms with E-state index in [4.69, 9.17) is 5.73 Å². The fourth-order valence-electron chi connectivity index (χ4n) is 2.05. The van der Waals surface area contributed by atoms with Gasteiger partial charge in [-0.2, -0.15) is 0 Å². The summed E-state index contributed by atoms with van der Waals surface area (Å²) >= 11 is 1.77. The Morgan fingerprint density at radius 3 is 3.20 bits per heavy atom. The number of amides is 1. The number of thiophene rings is 1. The van der Waals surface area contributed by atoms with Gasteiger partial charge in [-0.15, -0.1) is 11.3 Å². The lowest BCUT2D eigenvalue weighted by molar-refractivity contribution is -0.123. The molecule has 1 amide bonds. The van der Waals surface area contributed by atoms with Crippen LogP contribution in [0, 0.1) is 5.92 Å². The molecule has 1 aliphatic rings. The van der Waals surface area contributed by atoms with Gasteiger partial charge < -0.3 is 5.73 Å². The number of hydrogen-bond acceptors (Lipinski definition) is 3. The minimum atomic E-state index is -0.147. The molecule has 2 N–H and O–H groups in total. The van der Waals surface area contributed by atoms with Crippen LogP contribution in [-0.2, 0) is 11.3 Å². The standard InChI is InChI=1S/C11H16N2OS/c12-11(14)9-3-1-5-13(7-9)8-10-4-2-6-15-10/h2,4,6,9H,1,3,5,7-8H2,(H2,12,14)/t9-/m1/s1. The molecule has 82 valence electrons. The van der Waals surface area contributed by atoms with E-state index in [9.17, 15) is 4.79 Å². The van der Waals surface area contributed by atoms with Gasteiger partial charge >= 0.3 is 0 Å². The Kier molecular flexibility index (Phi) is 3.38. The van der Waals surface area contributed by atoms with Gasteiger partial charge in [-0.25, -0.2) is 0 Å². The number of nitrogens with two attached hydrogens (primary N) is 1. The van der Waals surface area contributed by atoms with E-state index in [1.807, 2.05) is 0 Å². The van der Waals surface area contributed by atoms with Crippen molar-refractivity contribution in [3.63, 3.8) is 0 Å². The number of piperidine rings is 1. The fraction of sp³-hybridized carbons (Fsp3) is 0.545. The van der Waals surface area contributed by atoms with Crippen molar-refractivity contribution in [3.05, 3.63) is 22.4 Å². The van der Waals surface area contributed by atoms with Crippen molar-refractivity contribution in [1.82, 2.24) is 4.90 Å². The van der Waals surface area contributed by atoms with Crippen LogP contribution in [-0.4, -0.2) is 23.9 Å². The monoisotopic (exact) mass is 224 g/mol. The first-order valence-corrected chi connectivity index (χ1v) is 6.18. The van der Waals surface area contributed by atoms with Crippen molar-refractivity contribution < 1.29 is 4.79 Å². The summed E-state index contributed by atoms with van der Waals surface area (Å²) in [6, 6.07) is 4.20. The predicted molar refractivity (Wildman–Crippen MR) is 61.5 cm³/mol. The molecular formula is C11H16N2OS. The molecule has 1 aromatic heterocycles. The Hall–Kier alpha value is -0.870. The molecule has 0 unspecified atom stereocenters. The maximum Gasteiger partial charge on any atom is 0.221 e. The molecule has 0 bridgehead atoms. The highest BCUT2D eigenvalue weighted by Crippen LogP contribution is 2.19. The van der Waals surface area contributed by atoms with Crippen LogP contribution < -0.4 is 5.73 Å². The Bertz CT molecular complexity index is 323. The van der Waals surface area contributed by atoms with Gasteiger partial charge in [0.05, 0.1) is 5.92 Å². The van der Waals surface area contributed by atoms with Crippen molar-refractivity contribution in [2.24, 2.45) is 11.7 Å². The number of nitrogens with zero attached hydrogens (tertiary/aromatic N) is 1. The number of hydrogen-bond donors (Lipinski definition) is 1. The molecule has 3 nitrogen and oxygen atoms in total. The Morgan fingerprint density at radius 1 is 1.67 bits per heavy atom. The normalized spacial score (nSPS) is 22.8. The van der Waals surface area contributed by atoms with Crippen LogP contribution in [0.5, 0.6) is 0 Å². The molecule has 0 aromatic carbocycles. The highest BCUT2D eigenvalue weighted by molar-refractivity contribution is 7.09. The second-order valence-corrected chi connectivity index (χ2v) is 5.09. The average Bonchev–Trinajstić information content (AvgIpc) is 2.71. The molecule has 2 rings (SSSR count). The number of carbonyl (C=O) groups is 1. The topological polar surface area (TPSA) is 46.3 Å². The third-order valence-corrected chi connectivity index (χ3v) is 3.73. The Balaban J connectivity index is 1.90. The third kappa shape index (κ3) is 2.79. The second-order valence-electron chi connectivity index (χ2n) is 4.06. The zero-order chi connectivity index (χ0) is 10.7. The third-order valence-electron chi connectivity index (χ3n) is 2.87. The van der Waals surface area contributed by atoms with Crippen LogP contribution >= 0.6 is 11.3 Å². The van der Waals surface area contributed by atoms with E-state index in [0.717, 1.165) is 32.5 Å². The smallest absolute Gasteiger partial charge is 0.221 e. The van der Waals surface area contributed by atoms with Crippen LogP contribution in [0.1, 0.15) is 17.7 Å². The van der Waals surface area contributed by atoms with Gasteiger partial charge in [0.1, 0.15) is 0 Å². The van der Waals surface area contributed by atoms with Gasteiger partial charge in [0.25, 0.3) is 0 Å². The lowest BCUT2D eigenvalue weighted by Gasteiger charge is -2.30. The highest BCUT2D eigenvalue weighted by Gasteiger charge is 2.23. The van der Waals surface area contributed by atoms with E-state index in [0.29, 0.717) is 0 Å². The molecule has 2 heterocycles. The number of carbonyl (C=O) groups excluding carboxylic acids is 1. The van der Waals surface area contributed by atoms with E-state index >= 15 is 0 Å². The minimum absolute atomic E-state index is 0.0544. The molecule has 15 heavy (non-hydrogen) atoms. The molecular weight excluding hydrogens is 208 g/mol. The van der Waals surface area contributed by atoms with E-state index in [-0.39, 0.29) is 11.8 Å². The van der Waals surface area contributed by atoms with Crippen LogP contribution in [0.15, 0.2) is 17.5 Å². The largest absolute Gasteiger partial charge is 0.369 e. The van der Waals surface area contributed by atoms with Crippen molar-refractivity contribution in [2.45, 2.75) is 19.4 Å². The summed E-state index contributed by atoms with van der Waals surface area (Å²) < 4.78 is 0. The van der Waals surface area contributed by atoms with Gasteiger partial charge in [0.15, 0.2) is 0 Å². The summed E-state index contributed by atoms with van der Waals surface area (Å²) in [5, 5.41) is 2.09. The summed E-state index contributed by atoms with van der Waals surface area (Å²) in [6.45, 7) is 2.87. The minimum Gasteiger partial charge on any atom is -0.369 e. The fourth-order valence-corrected chi connectivity index (χ4v) is 2.80. The Labute approximate surface area is 93.9 Å². The van der Waals surface area contributed by atoms with Gasteiger partial charge in [-0.3, -0.25) is 9.69 Å². The quantitative estimate of drug-likeness (QED) is 0.844. The summed E-state index contributed by atoms with van der Waals surface area (Å²) in [6.07, 6.45) is 2.04. The summed E-state index contributed by atoms with van der Waals surface area (Å²) in [5.74, 6) is -0.0930. The van der Waals surface area contributed by atoms with Crippen molar-refractivity contribution in [1.29, 1.82) is 0 Å². The first-order valence-electron chi connectivity index (χ1n) is 5.30. The lowest BCUT2D eigenvalue weighted by Crippen LogP contribution is -2.40. The summed E-state index contributed by atoms with van der Waals surface area (Å²) in [4.78, 5) is 14.8. The molecule has 0 radical (unpaired) electrons. The van der Waals surface area contributed by atoms with E-state index < -0.39 is 0 Å². The summed E-state index contributed by atoms with van der Waals surface area (Å²) in [7, 11) is 0. The molecule has 1 saturated heterocycles. The zero-order valence-corrected chi connectivity index (χ0v) is 9.50. The van der Waals surface area contributed by atoms with E-state index in [2.05, 4.69) is 22.4 Å². The van der Waals surface area contributed by atoms with Crippen LogP contribution in [0.3, 0.4) is 0 Å². The lowest BCUT2D eigenvalue weighted by atomic mass is 9.97. The Morgan fingerprint density at radius 2 is 2.53 bits per heavy atom. The highest BCUT2D eigenvalue weighted by atomic mass is 32.1. The second kappa shape index (κ2) is 4.77. The molecule has 1 atom stereocenters. The molecule has 0 aliphatic carbocycles. The SMILES string of the molecule is NC(=O)[C@@H]1CCCN(Cc2cccs2)C1. The first kappa shape index (κ1) is 10.6. The number of rotatable bonds is 3. The van der Waals surface area contributed by atoms with Crippen molar-refractivity contribution in [2.75, 3.05) is 13.1 Å². The molecule has 1 aromatic rings. The van der Waals surface area contributed by atoms with Crippen LogP contribution in [0.4, 0.5) is 0 Å². The molecule has 4 heteroatoms. The molecule has 1 fully saturated rings. The van der Waals surface area contributed by atoms with Gasteiger partial charge in [0.2, 0.25) is 5.91 Å². The average molecular weight is 224 g/mol. The van der Waals surface area contributed by atoms with Crippen molar-refractivity contribution in [3.8, 4) is 0 Å². The van der Waals surface area contributed by atoms with Gasteiger partial charge in [-0.05, 0) is 30.8 Å². The molecule has 0 saturated carbocycles. The molecule has 1 aliphatic heterocycles. The van der Waals surface area contributed by atoms with Crippen molar-refractivity contribution >= 4 is 17.2 Å². The maximum atomic E-state index is 11.1. The van der Waals surface area contributed by atoms with E-state index in [1.165, 1.54) is 4.88 Å². The van der Waals surface area contributed by atoms with Crippen LogP contribution in [0.2, 0.25) is 0 Å².